The van der Waals surface area contributed by atoms with E-state index in [1.54, 1.807) is 0 Å². The summed E-state index contributed by atoms with van der Waals surface area (Å²) in [5, 5.41) is 58.3. The Hall–Kier alpha value is -1.54. The number of aliphatic hydroxyl groups is 3. The summed E-state index contributed by atoms with van der Waals surface area (Å²) in [6, 6.07) is 2.40. The molecule has 1 saturated heterocycles. The van der Waals surface area contributed by atoms with Gasteiger partial charge in [0.15, 0.2) is 17.2 Å². The number of fused-ring (bicyclic) bond motifs is 1. The van der Waals surface area contributed by atoms with Crippen LogP contribution < -0.4 is 0 Å². The van der Waals surface area contributed by atoms with Crippen molar-refractivity contribution >= 4 is 0 Å². The van der Waals surface area contributed by atoms with Crippen LogP contribution in [0.5, 0.6) is 17.2 Å². The highest BCUT2D eigenvalue weighted by molar-refractivity contribution is 5.51. The molecule has 1 aromatic rings. The van der Waals surface area contributed by atoms with Crippen LogP contribution in [-0.2, 0) is 4.74 Å². The minimum absolute atomic E-state index is 0.235. The summed E-state index contributed by atoms with van der Waals surface area (Å²) in [6.07, 6.45) is -1.05. The predicted molar refractivity (Wildman–Crippen MR) is 73.8 cm³/mol. The van der Waals surface area contributed by atoms with Crippen LogP contribution in [0.4, 0.5) is 0 Å². The average Bonchev–Trinajstić information content (AvgIpc) is 2.44. The molecular weight excluding hydrogens is 292 g/mol. The lowest BCUT2D eigenvalue weighted by Gasteiger charge is -2.56. The van der Waals surface area contributed by atoms with Gasteiger partial charge in [0.05, 0.1) is 6.10 Å². The summed E-state index contributed by atoms with van der Waals surface area (Å²) in [7, 11) is 0. The molecule has 0 unspecified atom stereocenters. The lowest BCUT2D eigenvalue weighted by Crippen LogP contribution is -2.51. The molecule has 2 fully saturated rings. The number of rotatable bonds is 1. The maximum absolute atomic E-state index is 10.2. The summed E-state index contributed by atoms with van der Waals surface area (Å²) in [6.45, 7) is 0. The van der Waals surface area contributed by atoms with Crippen molar-refractivity contribution in [3.63, 3.8) is 0 Å². The van der Waals surface area contributed by atoms with Crippen molar-refractivity contribution < 1.29 is 35.4 Å². The largest absolute Gasteiger partial charge is 0.504 e. The van der Waals surface area contributed by atoms with E-state index in [-0.39, 0.29) is 12.3 Å². The first kappa shape index (κ1) is 15.4. The Morgan fingerprint density at radius 2 is 1.64 bits per heavy atom. The van der Waals surface area contributed by atoms with Crippen molar-refractivity contribution in [2.75, 3.05) is 0 Å². The quantitative estimate of drug-likeness (QED) is 0.311. The Balaban J connectivity index is 1.86. The number of hydrogen-bond acceptors (Lipinski definition) is 7. The minimum atomic E-state index is -0.962. The van der Waals surface area contributed by atoms with Gasteiger partial charge in [-0.25, -0.2) is 0 Å². The second kappa shape index (κ2) is 5.58. The van der Waals surface area contributed by atoms with E-state index in [9.17, 15) is 30.6 Å². The fourth-order valence-corrected chi connectivity index (χ4v) is 3.11. The summed E-state index contributed by atoms with van der Waals surface area (Å²) in [5.74, 6) is -2.05. The molecule has 22 heavy (non-hydrogen) atoms. The lowest BCUT2D eigenvalue weighted by molar-refractivity contribution is -0.166. The van der Waals surface area contributed by atoms with Gasteiger partial charge in [-0.05, 0) is 30.0 Å². The van der Waals surface area contributed by atoms with E-state index in [1.165, 1.54) is 25.0 Å². The molecule has 1 aliphatic heterocycles. The molecule has 0 aromatic heterocycles. The molecule has 1 saturated carbocycles. The molecule has 1 aromatic carbocycles. The molecule has 0 bridgehead atoms. The van der Waals surface area contributed by atoms with E-state index < -0.39 is 47.8 Å². The summed E-state index contributed by atoms with van der Waals surface area (Å²) in [5.41, 5.74) is 0.297. The first-order chi connectivity index (χ1) is 10.4. The van der Waals surface area contributed by atoms with Gasteiger partial charge in [-0.1, -0.05) is 12.2 Å². The molecule has 122 valence electrons. The molecule has 0 radical (unpaired) electrons. The molecule has 7 nitrogen and oxygen atoms in total. The summed E-state index contributed by atoms with van der Waals surface area (Å²) >= 11 is 0. The van der Waals surface area contributed by atoms with Gasteiger partial charge in [-0.3, -0.25) is 0 Å². The third-order valence-corrected chi connectivity index (χ3v) is 4.23. The van der Waals surface area contributed by atoms with Crippen LogP contribution in [0.25, 0.3) is 0 Å². The molecule has 6 N–H and O–H groups in total. The Morgan fingerprint density at radius 1 is 1.00 bits per heavy atom. The lowest BCUT2D eigenvalue weighted by atomic mass is 9.76. The van der Waals surface area contributed by atoms with Crippen LogP contribution in [-0.4, -0.2) is 55.1 Å². The highest BCUT2D eigenvalue weighted by atomic mass is 16.5. The third-order valence-electron chi connectivity index (χ3n) is 4.23. The van der Waals surface area contributed by atoms with Crippen LogP contribution in [0.2, 0.25) is 0 Å². The second-order valence-corrected chi connectivity index (χ2v) is 5.76. The van der Waals surface area contributed by atoms with Crippen molar-refractivity contribution in [2.45, 2.75) is 36.9 Å². The number of aliphatic hydroxyl groups excluding tert-OH is 3. The van der Waals surface area contributed by atoms with Gasteiger partial charge in [-0.2, -0.15) is 6.10 Å². The fourth-order valence-electron chi connectivity index (χ4n) is 3.11. The van der Waals surface area contributed by atoms with Gasteiger partial charge >= 0.3 is 0 Å². The highest BCUT2D eigenvalue weighted by Crippen LogP contribution is 2.44. The van der Waals surface area contributed by atoms with Crippen LogP contribution >= 0.6 is 0 Å². The Bertz CT molecular complexity index is 538. The zero-order valence-electron chi connectivity index (χ0n) is 11.6. The number of hydrogen-bond donors (Lipinski definition) is 6. The number of benzene rings is 1. The standard InChI is InChI=1S/C15H18O7/c16-7-3-9(17)8-5-12(20)15(22-13(8)4-7)6-1-10(18)14(21)11(19)2-6/h1-4,7-9,12-13,15-21H,5H2/q-2/t7-,8+,9-,12-,13+,15-/m1/s1. The zero-order valence-corrected chi connectivity index (χ0v) is 11.6. The normalized spacial score (nSPS) is 38.5. The van der Waals surface area contributed by atoms with Crippen LogP contribution in [0.15, 0.2) is 12.1 Å². The van der Waals surface area contributed by atoms with Gasteiger partial charge in [0.25, 0.3) is 0 Å². The van der Waals surface area contributed by atoms with Crippen molar-refractivity contribution in [1.82, 2.24) is 0 Å². The van der Waals surface area contributed by atoms with Crippen LogP contribution in [0.1, 0.15) is 18.1 Å². The molecule has 0 amide bonds. The maximum atomic E-state index is 10.2. The second-order valence-electron chi connectivity index (χ2n) is 5.76. The van der Waals surface area contributed by atoms with E-state index >= 15 is 0 Å². The van der Waals surface area contributed by atoms with Crippen molar-refractivity contribution in [1.29, 1.82) is 0 Å². The van der Waals surface area contributed by atoms with Crippen molar-refractivity contribution in [3.8, 4) is 17.2 Å². The van der Waals surface area contributed by atoms with Gasteiger partial charge in [0.1, 0.15) is 6.10 Å². The molecule has 1 heterocycles. The van der Waals surface area contributed by atoms with E-state index in [0.29, 0.717) is 5.56 Å². The molecule has 7 heteroatoms. The summed E-state index contributed by atoms with van der Waals surface area (Å²) in [4.78, 5) is 0. The maximum Gasteiger partial charge on any atom is 0.200 e. The van der Waals surface area contributed by atoms with Gasteiger partial charge in [0, 0.05) is 0 Å². The topological polar surface area (TPSA) is 131 Å². The molecule has 6 atom stereocenters. The van der Waals surface area contributed by atoms with E-state index in [4.69, 9.17) is 4.74 Å². The highest BCUT2D eigenvalue weighted by Gasteiger charge is 2.37. The number of phenols is 3. The summed E-state index contributed by atoms with van der Waals surface area (Å²) < 4.78 is 5.73. The van der Waals surface area contributed by atoms with E-state index in [0.717, 1.165) is 0 Å². The van der Waals surface area contributed by atoms with E-state index in [2.05, 4.69) is 0 Å². The Kier molecular flexibility index (Phi) is 3.90. The predicted octanol–water partition coefficient (Wildman–Crippen LogP) is -0.246. The minimum Gasteiger partial charge on any atom is -0.504 e. The van der Waals surface area contributed by atoms with Gasteiger partial charge in [0.2, 0.25) is 0 Å². The molecule has 1 aliphatic carbocycles. The number of aromatic hydroxyl groups is 3. The average molecular weight is 310 g/mol. The Morgan fingerprint density at radius 3 is 2.27 bits per heavy atom. The first-order valence-electron chi connectivity index (χ1n) is 7.01. The van der Waals surface area contributed by atoms with E-state index in [1.807, 2.05) is 0 Å². The zero-order chi connectivity index (χ0) is 16.0. The smallest absolute Gasteiger partial charge is 0.200 e. The van der Waals surface area contributed by atoms with Crippen molar-refractivity contribution in [3.05, 3.63) is 30.5 Å². The van der Waals surface area contributed by atoms with Crippen LogP contribution in [0.3, 0.4) is 0 Å². The van der Waals surface area contributed by atoms with Crippen LogP contribution in [0, 0.1) is 18.8 Å². The molecule has 2 aliphatic rings. The number of phenolic OH excluding ortho intramolecular Hbond substituents is 3. The van der Waals surface area contributed by atoms with Gasteiger partial charge < -0.3 is 48.2 Å². The number of ether oxygens (including phenoxy) is 1. The molecule has 3 rings (SSSR count). The first-order valence-corrected chi connectivity index (χ1v) is 7.01. The van der Waals surface area contributed by atoms with Gasteiger partial charge in [-0.15, -0.1) is 0 Å². The monoisotopic (exact) mass is 310 g/mol. The van der Waals surface area contributed by atoms with Crippen molar-refractivity contribution in [2.24, 2.45) is 5.92 Å². The third kappa shape index (κ3) is 2.61. The fraction of sp³-hybridized carbons (Fsp3) is 0.467. The Labute approximate surface area is 127 Å². The SMILES string of the molecule is Oc1cc([C@H]2O[C@H]3[CH-][C@H](O)[CH-][C@@H](O)[C@@H]3C[C@H]2O)cc(O)c1O. The molecule has 0 spiro atoms. The molecular formula is C15H18O7-2.